The van der Waals surface area contributed by atoms with Gasteiger partial charge in [0.05, 0.1) is 7.11 Å². The summed E-state index contributed by atoms with van der Waals surface area (Å²) in [6.45, 7) is 2.09. The maximum absolute atomic E-state index is 13.6. The Hall–Kier alpha value is -1.13. The average molecular weight is 267 g/mol. The number of ether oxygens (including phenoxy) is 1. The number of halogens is 1. The molecule has 0 aromatic heterocycles. The zero-order valence-electron chi connectivity index (χ0n) is 11.4. The summed E-state index contributed by atoms with van der Waals surface area (Å²) >= 11 is 0. The van der Waals surface area contributed by atoms with Crippen molar-refractivity contribution in [3.8, 4) is 5.75 Å². The van der Waals surface area contributed by atoms with Crippen LogP contribution in [0.5, 0.6) is 5.75 Å². The van der Waals surface area contributed by atoms with Gasteiger partial charge in [0, 0.05) is 19.2 Å². The Kier molecular flexibility index (Phi) is 5.16. The second kappa shape index (κ2) is 6.87. The minimum Gasteiger partial charge on any atom is -0.494 e. The second-order valence-corrected chi connectivity index (χ2v) is 5.10. The number of hydrogen-bond acceptors (Lipinski definition) is 3. The fourth-order valence-corrected chi connectivity index (χ4v) is 2.80. The highest BCUT2D eigenvalue weighted by atomic mass is 19.1. The van der Waals surface area contributed by atoms with Crippen molar-refractivity contribution in [2.75, 3.05) is 20.3 Å². The van der Waals surface area contributed by atoms with Crippen molar-refractivity contribution in [1.29, 1.82) is 0 Å². The lowest BCUT2D eigenvalue weighted by Gasteiger charge is -2.24. The highest BCUT2D eigenvalue weighted by molar-refractivity contribution is 5.29. The smallest absolute Gasteiger partial charge is 0.165 e. The molecule has 0 amide bonds. The number of benzene rings is 1. The van der Waals surface area contributed by atoms with Gasteiger partial charge in [0.25, 0.3) is 0 Å². The van der Waals surface area contributed by atoms with Crippen LogP contribution >= 0.6 is 0 Å². The first-order chi connectivity index (χ1) is 9.24. The maximum atomic E-state index is 13.6. The van der Waals surface area contributed by atoms with E-state index in [1.165, 1.54) is 20.0 Å². The number of likely N-dealkylation sites (tertiary alicyclic amines) is 1. The molecule has 1 aromatic carbocycles. The highest BCUT2D eigenvalue weighted by Crippen LogP contribution is 2.25. The van der Waals surface area contributed by atoms with Crippen molar-refractivity contribution in [3.63, 3.8) is 0 Å². The van der Waals surface area contributed by atoms with Crippen molar-refractivity contribution in [3.05, 3.63) is 29.6 Å². The lowest BCUT2D eigenvalue weighted by Crippen LogP contribution is -2.29. The van der Waals surface area contributed by atoms with E-state index in [0.717, 1.165) is 31.5 Å². The van der Waals surface area contributed by atoms with E-state index in [1.54, 1.807) is 12.1 Å². The minimum absolute atomic E-state index is 0.251. The highest BCUT2D eigenvalue weighted by Gasteiger charge is 2.24. The molecule has 1 aliphatic heterocycles. The van der Waals surface area contributed by atoms with Gasteiger partial charge >= 0.3 is 0 Å². The Morgan fingerprint density at radius 3 is 3.00 bits per heavy atom. The molecule has 0 bridgehead atoms. The molecule has 4 heteroatoms. The van der Waals surface area contributed by atoms with Crippen molar-refractivity contribution in [1.82, 2.24) is 4.90 Å². The molecular weight excluding hydrogens is 245 g/mol. The average Bonchev–Trinajstić information content (AvgIpc) is 2.84. The van der Waals surface area contributed by atoms with Gasteiger partial charge in [-0.1, -0.05) is 6.07 Å². The lowest BCUT2D eigenvalue weighted by molar-refractivity contribution is 0.210. The molecule has 0 spiro atoms. The molecule has 19 heavy (non-hydrogen) atoms. The van der Waals surface area contributed by atoms with Gasteiger partial charge in [-0.25, -0.2) is 4.39 Å². The van der Waals surface area contributed by atoms with E-state index in [1.807, 2.05) is 6.07 Å². The topological polar surface area (TPSA) is 32.7 Å². The number of rotatable bonds is 6. The summed E-state index contributed by atoms with van der Waals surface area (Å²) in [7, 11) is 1.48. The van der Waals surface area contributed by atoms with E-state index < -0.39 is 0 Å². The molecule has 106 valence electrons. The van der Waals surface area contributed by atoms with Gasteiger partial charge in [-0.2, -0.15) is 0 Å². The van der Waals surface area contributed by atoms with Crippen LogP contribution in [0.25, 0.3) is 0 Å². The molecule has 0 saturated carbocycles. The van der Waals surface area contributed by atoms with Crippen LogP contribution in [0.2, 0.25) is 0 Å². The van der Waals surface area contributed by atoms with Gasteiger partial charge in [0.1, 0.15) is 0 Å². The van der Waals surface area contributed by atoms with Crippen molar-refractivity contribution in [2.45, 2.75) is 38.3 Å². The van der Waals surface area contributed by atoms with Crippen LogP contribution in [0.3, 0.4) is 0 Å². The number of aliphatic hydroxyl groups excluding tert-OH is 1. The van der Waals surface area contributed by atoms with Gasteiger partial charge in [-0.3, -0.25) is 4.90 Å². The summed E-state index contributed by atoms with van der Waals surface area (Å²) in [6.07, 6.45) is 4.24. The van der Waals surface area contributed by atoms with Crippen LogP contribution in [0.4, 0.5) is 4.39 Å². The molecule has 1 saturated heterocycles. The predicted octanol–water partition coefficient (Wildman–Crippen LogP) is 2.57. The second-order valence-electron chi connectivity index (χ2n) is 5.10. The standard InChI is InChI=1S/C15H22FNO2/c1-19-15-7-6-12(10-14(15)16)11-17-8-2-4-13(17)5-3-9-18/h6-7,10,13,18H,2-5,8-9,11H2,1H3. The number of methoxy groups -OCH3 is 1. The molecular formula is C15H22FNO2. The van der Waals surface area contributed by atoms with Gasteiger partial charge in [0.2, 0.25) is 0 Å². The van der Waals surface area contributed by atoms with E-state index in [9.17, 15) is 4.39 Å². The van der Waals surface area contributed by atoms with Crippen LogP contribution in [0.15, 0.2) is 18.2 Å². The third-order valence-corrected chi connectivity index (χ3v) is 3.80. The first kappa shape index (κ1) is 14.3. The summed E-state index contributed by atoms with van der Waals surface area (Å²) in [5.74, 6) is -0.00638. The summed E-state index contributed by atoms with van der Waals surface area (Å²) in [4.78, 5) is 2.39. The van der Waals surface area contributed by atoms with Gasteiger partial charge in [0.15, 0.2) is 11.6 Å². The van der Waals surface area contributed by atoms with E-state index in [0.29, 0.717) is 11.8 Å². The Morgan fingerprint density at radius 1 is 1.47 bits per heavy atom. The Labute approximate surface area is 114 Å². The Morgan fingerprint density at radius 2 is 2.32 bits per heavy atom. The predicted molar refractivity (Wildman–Crippen MR) is 72.7 cm³/mol. The third-order valence-electron chi connectivity index (χ3n) is 3.80. The van der Waals surface area contributed by atoms with E-state index in [2.05, 4.69) is 4.90 Å². The normalized spacial score (nSPS) is 19.8. The SMILES string of the molecule is COc1ccc(CN2CCCC2CCCO)cc1F. The Balaban J connectivity index is 1.97. The molecule has 1 aromatic rings. The van der Waals surface area contributed by atoms with Crippen LogP contribution in [-0.2, 0) is 6.54 Å². The van der Waals surface area contributed by atoms with Crippen LogP contribution in [-0.4, -0.2) is 36.3 Å². The molecule has 1 atom stereocenters. The maximum Gasteiger partial charge on any atom is 0.165 e. The fourth-order valence-electron chi connectivity index (χ4n) is 2.80. The van der Waals surface area contributed by atoms with E-state index in [4.69, 9.17) is 9.84 Å². The third kappa shape index (κ3) is 3.67. The minimum atomic E-state index is -0.300. The summed E-state index contributed by atoms with van der Waals surface area (Å²) < 4.78 is 18.6. The molecule has 1 aliphatic rings. The molecule has 0 aliphatic carbocycles. The zero-order chi connectivity index (χ0) is 13.7. The largest absolute Gasteiger partial charge is 0.494 e. The van der Waals surface area contributed by atoms with Gasteiger partial charge in [-0.15, -0.1) is 0 Å². The quantitative estimate of drug-likeness (QED) is 0.860. The Bertz CT molecular complexity index is 411. The first-order valence-corrected chi connectivity index (χ1v) is 6.92. The lowest BCUT2D eigenvalue weighted by atomic mass is 10.1. The van der Waals surface area contributed by atoms with Crippen LogP contribution in [0.1, 0.15) is 31.2 Å². The summed E-state index contributed by atoms with van der Waals surface area (Å²) in [5, 5.41) is 8.91. The summed E-state index contributed by atoms with van der Waals surface area (Å²) in [6, 6.07) is 5.69. The fraction of sp³-hybridized carbons (Fsp3) is 0.600. The van der Waals surface area contributed by atoms with Crippen molar-refractivity contribution < 1.29 is 14.2 Å². The molecule has 3 nitrogen and oxygen atoms in total. The number of nitrogens with zero attached hydrogens (tertiary/aromatic N) is 1. The van der Waals surface area contributed by atoms with Crippen LogP contribution < -0.4 is 4.74 Å². The first-order valence-electron chi connectivity index (χ1n) is 6.92. The zero-order valence-corrected chi connectivity index (χ0v) is 11.4. The van der Waals surface area contributed by atoms with Crippen LogP contribution in [0, 0.1) is 5.82 Å². The van der Waals surface area contributed by atoms with Crippen molar-refractivity contribution in [2.24, 2.45) is 0 Å². The molecule has 1 N–H and O–H groups in total. The van der Waals surface area contributed by atoms with E-state index in [-0.39, 0.29) is 12.4 Å². The molecule has 2 rings (SSSR count). The number of hydrogen-bond donors (Lipinski definition) is 1. The molecule has 1 fully saturated rings. The van der Waals surface area contributed by atoms with Crippen molar-refractivity contribution >= 4 is 0 Å². The summed E-state index contributed by atoms with van der Waals surface area (Å²) in [5.41, 5.74) is 0.981. The molecule has 1 unspecified atom stereocenters. The van der Waals surface area contributed by atoms with Gasteiger partial charge in [-0.05, 0) is 49.9 Å². The van der Waals surface area contributed by atoms with Gasteiger partial charge < -0.3 is 9.84 Å². The number of aliphatic hydroxyl groups is 1. The molecule has 1 heterocycles. The van der Waals surface area contributed by atoms with E-state index >= 15 is 0 Å². The monoisotopic (exact) mass is 267 g/mol. The molecule has 0 radical (unpaired) electrons.